The van der Waals surface area contributed by atoms with Crippen molar-refractivity contribution in [1.29, 1.82) is 0 Å². The van der Waals surface area contributed by atoms with Gasteiger partial charge in [-0.2, -0.15) is 4.57 Å². The van der Waals surface area contributed by atoms with Gasteiger partial charge in [0.05, 0.1) is 10.6 Å². The minimum Gasteiger partial charge on any atom is -1.00 e. The number of carbonyl (C=O) groups excluding carboxylic acids is 1. The Hall–Kier alpha value is -1.45. The number of hydrogen-bond acceptors (Lipinski definition) is 2. The van der Waals surface area contributed by atoms with Crippen LogP contribution in [0.1, 0.15) is 25.9 Å². The zero-order valence-corrected chi connectivity index (χ0v) is 19.3. The molecule has 1 aromatic carbocycles. The van der Waals surface area contributed by atoms with E-state index in [-0.39, 0.29) is 52.1 Å². The number of pyridine rings is 1. The van der Waals surface area contributed by atoms with Crippen molar-refractivity contribution in [3.63, 3.8) is 0 Å². The summed E-state index contributed by atoms with van der Waals surface area (Å²) in [5.41, 5.74) is 3.81. The van der Waals surface area contributed by atoms with Gasteiger partial charge in [0.25, 0.3) is 12.3 Å². The molecule has 2 aromatic rings. The Morgan fingerprint density at radius 2 is 1.90 bits per heavy atom. The van der Waals surface area contributed by atoms with Gasteiger partial charge in [-0.15, -0.1) is 0 Å². The quantitative estimate of drug-likeness (QED) is 0.386. The Bertz CT molecular complexity index is 946. The van der Waals surface area contributed by atoms with E-state index in [1.165, 1.54) is 29.0 Å². The summed E-state index contributed by atoms with van der Waals surface area (Å²) in [4.78, 5) is 12.2. The number of quaternary nitrogens is 1. The molecule has 0 saturated heterocycles. The number of hydrogen-bond donors (Lipinski definition) is 2. The maximum absolute atomic E-state index is 14.3. The van der Waals surface area contributed by atoms with Crippen molar-refractivity contribution in [3.8, 4) is 16.9 Å². The first-order valence-electron chi connectivity index (χ1n) is 8.87. The lowest BCUT2D eigenvalue weighted by atomic mass is 10.1. The third-order valence-corrected chi connectivity index (χ3v) is 5.15. The molecule has 0 unspecified atom stereocenters. The molecule has 31 heavy (non-hydrogen) atoms. The molecule has 0 spiro atoms. The maximum Gasteiger partial charge on any atom is 0.286 e. The van der Waals surface area contributed by atoms with Crippen LogP contribution < -0.4 is 45.2 Å². The average Bonchev–Trinajstić information content (AvgIpc) is 3.38. The zero-order valence-electron chi connectivity index (χ0n) is 16.3. The second-order valence-corrected chi connectivity index (χ2v) is 7.93. The van der Waals surface area contributed by atoms with E-state index in [2.05, 4.69) is 11.1 Å². The molecule has 0 bridgehead atoms. The van der Waals surface area contributed by atoms with E-state index in [4.69, 9.17) is 27.9 Å². The predicted octanol–water partition coefficient (Wildman–Crippen LogP) is -2.85. The molecule has 0 radical (unpaired) electrons. The summed E-state index contributed by atoms with van der Waals surface area (Å²) in [7, 11) is 0. The fourth-order valence-electron chi connectivity index (χ4n) is 2.80. The lowest BCUT2D eigenvalue weighted by Gasteiger charge is -2.15. The van der Waals surface area contributed by atoms with Crippen LogP contribution in [0.25, 0.3) is 11.1 Å². The van der Waals surface area contributed by atoms with Gasteiger partial charge in [0.15, 0.2) is 17.6 Å². The third kappa shape index (κ3) is 6.76. The van der Waals surface area contributed by atoms with Crippen molar-refractivity contribution in [2.45, 2.75) is 37.9 Å². The molecular formula is C19H20Cl4F3N3O2. The highest BCUT2D eigenvalue weighted by atomic mass is 35.5. The number of nitrogens with zero attached hydrogens (tertiary/aromatic N) is 1. The monoisotopic (exact) mass is 519 g/mol. The van der Waals surface area contributed by atoms with Gasteiger partial charge >= 0.3 is 0 Å². The lowest BCUT2D eigenvalue weighted by molar-refractivity contribution is -0.724. The normalized spacial score (nSPS) is 14.8. The first-order valence-corrected chi connectivity index (χ1v) is 9.63. The molecule has 1 atom stereocenters. The van der Waals surface area contributed by atoms with E-state index in [9.17, 15) is 18.0 Å². The smallest absolute Gasteiger partial charge is 0.286 e. The Morgan fingerprint density at radius 3 is 2.48 bits per heavy atom. The van der Waals surface area contributed by atoms with Gasteiger partial charge in [0, 0.05) is 30.4 Å². The Labute approximate surface area is 199 Å². The number of aromatic nitrogens is 1. The first kappa shape index (κ1) is 27.6. The van der Waals surface area contributed by atoms with Crippen molar-refractivity contribution >= 4 is 29.1 Å². The molecule has 12 heteroatoms. The summed E-state index contributed by atoms with van der Waals surface area (Å²) in [6.07, 6.45) is 0.889. The van der Waals surface area contributed by atoms with Crippen LogP contribution in [0.4, 0.5) is 13.2 Å². The number of carbonyl (C=O) groups is 1. The minimum absolute atomic E-state index is 0. The van der Waals surface area contributed by atoms with Gasteiger partial charge in [0.2, 0.25) is 12.4 Å². The number of alkyl halides is 2. The summed E-state index contributed by atoms with van der Waals surface area (Å²) in [5, 5.41) is 3.06. The SMILES string of the molecule is C[C@H](NC(=O)C1([NH3+])CC1)[n+]1cc(F)cc(-c2cc(Cl)cc(Cl)c2OCC(F)F)c1.[Cl-].[Cl-]. The summed E-state index contributed by atoms with van der Waals surface area (Å²) < 4.78 is 46.2. The Balaban J connectivity index is 0.00000240. The Morgan fingerprint density at radius 1 is 1.26 bits per heavy atom. The predicted molar refractivity (Wildman–Crippen MR) is 101 cm³/mol. The second-order valence-electron chi connectivity index (χ2n) is 7.09. The molecule has 172 valence electrons. The standard InChI is InChI=1S/C19H18Cl2F3N3O2.2ClH/c1-10(26-18(28)19(25)2-3-19)27-7-11(4-13(22)8-27)14-5-12(20)6-15(21)17(14)29-9-16(23)24;;/h4-8,10,16H,2-3,9,25H2,1H3;2*1H/t10-;;/m1../s1. The van der Waals surface area contributed by atoms with Crippen LogP contribution in [0.15, 0.2) is 30.6 Å². The highest BCUT2D eigenvalue weighted by Gasteiger charge is 2.51. The number of halogens is 7. The highest BCUT2D eigenvalue weighted by Crippen LogP contribution is 2.39. The second kappa shape index (κ2) is 10.9. The first-order chi connectivity index (χ1) is 13.6. The largest absolute Gasteiger partial charge is 1.00 e. The van der Waals surface area contributed by atoms with Gasteiger partial charge in [-0.1, -0.05) is 23.2 Å². The van der Waals surface area contributed by atoms with E-state index in [0.29, 0.717) is 18.4 Å². The summed E-state index contributed by atoms with van der Waals surface area (Å²) in [6, 6.07) is 4.00. The fourth-order valence-corrected chi connectivity index (χ4v) is 3.35. The van der Waals surface area contributed by atoms with E-state index < -0.39 is 30.6 Å². The molecule has 1 fully saturated rings. The summed E-state index contributed by atoms with van der Waals surface area (Å²) >= 11 is 12.2. The van der Waals surface area contributed by atoms with Crippen LogP contribution in [0.2, 0.25) is 10.0 Å². The Kier molecular flexibility index (Phi) is 9.72. The number of benzene rings is 1. The molecule has 1 aromatic heterocycles. The molecular weight excluding hydrogens is 501 g/mol. The number of rotatable bonds is 7. The minimum atomic E-state index is -2.71. The fraction of sp³-hybridized carbons (Fsp3) is 0.368. The lowest BCUT2D eigenvalue weighted by Crippen LogP contribution is -3.00. The van der Waals surface area contributed by atoms with Gasteiger partial charge in [-0.05, 0) is 18.2 Å². The van der Waals surface area contributed by atoms with E-state index in [1.54, 1.807) is 13.1 Å². The molecule has 1 saturated carbocycles. The van der Waals surface area contributed by atoms with Crippen molar-refractivity contribution in [3.05, 3.63) is 46.5 Å². The van der Waals surface area contributed by atoms with Crippen LogP contribution in [0, 0.1) is 5.82 Å². The molecule has 0 aliphatic heterocycles. The van der Waals surface area contributed by atoms with E-state index >= 15 is 0 Å². The molecule has 1 aliphatic carbocycles. The van der Waals surface area contributed by atoms with Gasteiger partial charge < -0.3 is 35.3 Å². The highest BCUT2D eigenvalue weighted by molar-refractivity contribution is 6.36. The van der Waals surface area contributed by atoms with Crippen molar-refractivity contribution in [2.24, 2.45) is 0 Å². The molecule has 1 amide bonds. The number of amides is 1. The molecule has 1 aliphatic rings. The van der Waals surface area contributed by atoms with Gasteiger partial charge in [0.1, 0.15) is 12.4 Å². The van der Waals surface area contributed by atoms with Crippen LogP contribution in [-0.2, 0) is 4.79 Å². The van der Waals surface area contributed by atoms with Crippen LogP contribution in [-0.4, -0.2) is 24.5 Å². The molecule has 5 nitrogen and oxygen atoms in total. The topological polar surface area (TPSA) is 69.9 Å². The van der Waals surface area contributed by atoms with E-state index in [0.717, 1.165) is 0 Å². The summed E-state index contributed by atoms with van der Waals surface area (Å²) in [5.74, 6) is -0.842. The van der Waals surface area contributed by atoms with Crippen LogP contribution in [0.3, 0.4) is 0 Å². The molecule has 4 N–H and O–H groups in total. The van der Waals surface area contributed by atoms with E-state index in [1.807, 2.05) is 0 Å². The molecule has 1 heterocycles. The number of nitrogens with one attached hydrogen (secondary N) is 1. The van der Waals surface area contributed by atoms with Crippen LogP contribution >= 0.6 is 23.2 Å². The summed E-state index contributed by atoms with van der Waals surface area (Å²) in [6.45, 7) is 0.813. The van der Waals surface area contributed by atoms with Crippen LogP contribution in [0.5, 0.6) is 5.75 Å². The van der Waals surface area contributed by atoms with Gasteiger partial charge in [-0.3, -0.25) is 10.1 Å². The molecule has 3 rings (SSSR count). The zero-order chi connectivity index (χ0) is 21.3. The number of ether oxygens (including phenoxy) is 1. The van der Waals surface area contributed by atoms with Crippen molar-refractivity contribution in [2.75, 3.05) is 6.61 Å². The van der Waals surface area contributed by atoms with Crippen molar-refractivity contribution < 1.29 is 57.8 Å². The third-order valence-electron chi connectivity index (χ3n) is 4.65. The maximum atomic E-state index is 14.3. The van der Waals surface area contributed by atoms with Crippen molar-refractivity contribution in [1.82, 2.24) is 5.32 Å². The van der Waals surface area contributed by atoms with Gasteiger partial charge in [-0.25, -0.2) is 13.2 Å². The average molecular weight is 521 g/mol.